The molecule has 0 saturated carbocycles. The monoisotopic (exact) mass is 372 g/mol. The molecule has 0 aliphatic carbocycles. The topological polar surface area (TPSA) is 69.6 Å². The van der Waals surface area contributed by atoms with Crippen molar-refractivity contribution in [2.75, 3.05) is 24.2 Å². The molecule has 0 atom stereocenters. The first-order valence-electron chi connectivity index (χ1n) is 6.52. The minimum atomic E-state index is -1.07. The Balaban J connectivity index is 2.18. The Morgan fingerprint density at radius 1 is 1.43 bits per heavy atom. The van der Waals surface area contributed by atoms with E-state index < -0.39 is 5.97 Å². The third-order valence-corrected chi connectivity index (χ3v) is 5.15. The van der Waals surface area contributed by atoms with Gasteiger partial charge in [0, 0.05) is 28.1 Å². The van der Waals surface area contributed by atoms with E-state index in [1.165, 1.54) is 6.07 Å². The molecule has 2 N–H and O–H groups in total. The average molecular weight is 373 g/mol. The number of carboxylic acids is 1. The molecule has 7 heteroatoms. The highest BCUT2D eigenvalue weighted by atomic mass is 79.9. The lowest BCUT2D eigenvalue weighted by Gasteiger charge is -2.37. The van der Waals surface area contributed by atoms with Gasteiger partial charge in [0.2, 0.25) is 0 Å². The highest BCUT2D eigenvalue weighted by Gasteiger charge is 2.30. The number of carbonyl (C=O) groups excluding carboxylic acids is 1. The predicted molar refractivity (Wildman–Crippen MR) is 88.2 cm³/mol. The zero-order valence-corrected chi connectivity index (χ0v) is 14.3. The molecule has 2 rings (SSSR count). The number of anilines is 1. The number of nitrogens with one attached hydrogen (secondary N) is 1. The zero-order chi connectivity index (χ0) is 15.6. The Morgan fingerprint density at radius 2 is 2.14 bits per heavy atom. The molecule has 1 aliphatic heterocycles. The Labute approximate surface area is 136 Å². The highest BCUT2D eigenvalue weighted by molar-refractivity contribution is 9.10. The number of benzene rings is 1. The number of hydrogen-bond donors (Lipinski definition) is 2. The quantitative estimate of drug-likeness (QED) is 0.833. The van der Waals surface area contributed by atoms with Crippen molar-refractivity contribution in [1.29, 1.82) is 0 Å². The number of thioether (sulfide) groups is 1. The molecule has 21 heavy (non-hydrogen) atoms. The van der Waals surface area contributed by atoms with E-state index in [0.29, 0.717) is 23.2 Å². The maximum absolute atomic E-state index is 12.4. The number of nitrogens with zero attached hydrogens (tertiary/aromatic N) is 1. The van der Waals surface area contributed by atoms with Crippen LogP contribution in [0.3, 0.4) is 0 Å². The minimum absolute atomic E-state index is 0.0130. The van der Waals surface area contributed by atoms with Gasteiger partial charge in [0.15, 0.2) is 0 Å². The summed E-state index contributed by atoms with van der Waals surface area (Å²) < 4.78 is 0.570. The lowest BCUT2D eigenvalue weighted by Crippen LogP contribution is -2.48. The van der Waals surface area contributed by atoms with Crippen molar-refractivity contribution in [2.45, 2.75) is 18.6 Å². The maximum atomic E-state index is 12.4. The fraction of sp³-hybridized carbons (Fsp3) is 0.429. The van der Waals surface area contributed by atoms with Gasteiger partial charge in [0.1, 0.15) is 0 Å². The second-order valence-electron chi connectivity index (χ2n) is 5.43. The summed E-state index contributed by atoms with van der Waals surface area (Å²) in [5, 5.41) is 11.9. The first-order chi connectivity index (χ1) is 9.80. The van der Waals surface area contributed by atoms with Crippen LogP contribution in [0, 0.1) is 0 Å². The van der Waals surface area contributed by atoms with Gasteiger partial charge < -0.3 is 15.3 Å². The van der Waals surface area contributed by atoms with Gasteiger partial charge in [0.05, 0.1) is 11.3 Å². The zero-order valence-electron chi connectivity index (χ0n) is 11.9. The van der Waals surface area contributed by atoms with Crippen LogP contribution in [0.25, 0.3) is 0 Å². The summed E-state index contributed by atoms with van der Waals surface area (Å²) in [5.74, 6) is -0.191. The van der Waals surface area contributed by atoms with Gasteiger partial charge in [-0.15, -0.1) is 0 Å². The molecule has 1 aromatic rings. The van der Waals surface area contributed by atoms with E-state index >= 15 is 0 Å². The van der Waals surface area contributed by atoms with Crippen LogP contribution < -0.4 is 5.32 Å². The SMILES string of the molecule is CC1(C)CN(C(=O)Nc2c(Br)cccc2C(=O)O)CCS1. The molecule has 0 radical (unpaired) electrons. The van der Waals surface area contributed by atoms with Crippen molar-refractivity contribution >= 4 is 45.4 Å². The van der Waals surface area contributed by atoms with Gasteiger partial charge in [0.25, 0.3) is 0 Å². The smallest absolute Gasteiger partial charge is 0.337 e. The Hall–Kier alpha value is -1.21. The van der Waals surface area contributed by atoms with Crippen LogP contribution >= 0.6 is 27.7 Å². The van der Waals surface area contributed by atoms with Crippen molar-refractivity contribution in [3.8, 4) is 0 Å². The lowest BCUT2D eigenvalue weighted by atomic mass is 10.1. The summed E-state index contributed by atoms with van der Waals surface area (Å²) in [6, 6.07) is 4.54. The minimum Gasteiger partial charge on any atom is -0.478 e. The molecule has 0 unspecified atom stereocenters. The number of urea groups is 1. The van der Waals surface area contributed by atoms with Gasteiger partial charge in [-0.05, 0) is 41.9 Å². The Kier molecular flexibility index (Phi) is 4.83. The summed E-state index contributed by atoms with van der Waals surface area (Å²) in [6.45, 7) is 5.49. The summed E-state index contributed by atoms with van der Waals surface area (Å²) in [5.41, 5.74) is 0.370. The van der Waals surface area contributed by atoms with E-state index in [-0.39, 0.29) is 16.3 Å². The third-order valence-electron chi connectivity index (χ3n) is 3.19. The van der Waals surface area contributed by atoms with Crippen LogP contribution in [-0.4, -0.2) is 45.6 Å². The van der Waals surface area contributed by atoms with Crippen molar-refractivity contribution in [3.05, 3.63) is 28.2 Å². The molecule has 1 aliphatic rings. The molecule has 114 valence electrons. The number of rotatable bonds is 2. The normalized spacial score (nSPS) is 17.4. The van der Waals surface area contributed by atoms with Crippen molar-refractivity contribution < 1.29 is 14.7 Å². The van der Waals surface area contributed by atoms with E-state index in [9.17, 15) is 14.7 Å². The van der Waals surface area contributed by atoms with Crippen molar-refractivity contribution in [3.63, 3.8) is 0 Å². The average Bonchev–Trinajstić information content (AvgIpc) is 2.39. The second-order valence-corrected chi connectivity index (χ2v) is 8.08. The molecule has 2 amide bonds. The maximum Gasteiger partial charge on any atom is 0.337 e. The number of amides is 2. The molecule has 1 fully saturated rings. The number of carboxylic acid groups (broad SMARTS) is 1. The Bertz CT molecular complexity index is 577. The lowest BCUT2D eigenvalue weighted by molar-refractivity contribution is 0.0698. The van der Waals surface area contributed by atoms with E-state index in [0.717, 1.165) is 5.75 Å². The number of para-hydroxylation sites is 1. The fourth-order valence-corrected chi connectivity index (χ4v) is 3.78. The van der Waals surface area contributed by atoms with E-state index in [1.54, 1.807) is 17.0 Å². The highest BCUT2D eigenvalue weighted by Crippen LogP contribution is 2.31. The molecular weight excluding hydrogens is 356 g/mol. The number of aromatic carboxylic acids is 1. The first-order valence-corrected chi connectivity index (χ1v) is 8.30. The number of halogens is 1. The van der Waals surface area contributed by atoms with Gasteiger partial charge in [-0.3, -0.25) is 0 Å². The van der Waals surface area contributed by atoms with Crippen LogP contribution in [0.2, 0.25) is 0 Å². The summed E-state index contributed by atoms with van der Waals surface area (Å²) in [6.07, 6.45) is 0. The van der Waals surface area contributed by atoms with Crippen LogP contribution in [0.4, 0.5) is 10.5 Å². The Morgan fingerprint density at radius 3 is 2.76 bits per heavy atom. The largest absolute Gasteiger partial charge is 0.478 e. The molecular formula is C14H17BrN2O3S. The van der Waals surface area contributed by atoms with Crippen molar-refractivity contribution in [2.24, 2.45) is 0 Å². The van der Waals surface area contributed by atoms with Gasteiger partial charge in [-0.25, -0.2) is 9.59 Å². The molecule has 1 heterocycles. The third kappa shape index (κ3) is 3.91. The van der Waals surface area contributed by atoms with Gasteiger partial charge in [-0.1, -0.05) is 6.07 Å². The van der Waals surface area contributed by atoms with Crippen molar-refractivity contribution in [1.82, 2.24) is 4.90 Å². The predicted octanol–water partition coefficient (Wildman–Crippen LogP) is 3.51. The van der Waals surface area contributed by atoms with Crippen LogP contribution in [-0.2, 0) is 0 Å². The van der Waals surface area contributed by atoms with Crippen LogP contribution in [0.1, 0.15) is 24.2 Å². The van der Waals surface area contributed by atoms with E-state index in [4.69, 9.17) is 0 Å². The molecule has 0 spiro atoms. The van der Waals surface area contributed by atoms with E-state index in [1.807, 2.05) is 11.8 Å². The van der Waals surface area contributed by atoms with Crippen LogP contribution in [0.15, 0.2) is 22.7 Å². The molecule has 0 aromatic heterocycles. The summed E-state index contributed by atoms with van der Waals surface area (Å²) in [7, 11) is 0. The standard InChI is InChI=1S/C14H17BrN2O3S/c1-14(2)8-17(6-7-21-14)13(20)16-11-9(12(18)19)4-3-5-10(11)15/h3-5H,6-8H2,1-2H3,(H,16,20)(H,18,19). The van der Waals surface area contributed by atoms with Crippen LogP contribution in [0.5, 0.6) is 0 Å². The van der Waals surface area contributed by atoms with E-state index in [2.05, 4.69) is 35.1 Å². The second kappa shape index (κ2) is 6.27. The number of hydrogen-bond acceptors (Lipinski definition) is 3. The molecule has 0 bridgehead atoms. The fourth-order valence-electron chi connectivity index (χ4n) is 2.21. The molecule has 1 saturated heterocycles. The summed E-state index contributed by atoms with van der Waals surface area (Å²) in [4.78, 5) is 25.3. The molecule has 1 aromatic carbocycles. The van der Waals surface area contributed by atoms with Gasteiger partial charge in [-0.2, -0.15) is 11.8 Å². The molecule has 5 nitrogen and oxygen atoms in total. The first kappa shape index (κ1) is 16.2. The van der Waals surface area contributed by atoms with Gasteiger partial charge >= 0.3 is 12.0 Å². The summed E-state index contributed by atoms with van der Waals surface area (Å²) >= 11 is 5.12. The number of carbonyl (C=O) groups is 2.